The molecule has 1 unspecified atom stereocenters. The van der Waals surface area contributed by atoms with Crippen LogP contribution in [0.25, 0.3) is 0 Å². The average molecular weight is 418 g/mol. The zero-order valence-electron chi connectivity index (χ0n) is 16.6. The quantitative estimate of drug-likeness (QED) is 0.384. The van der Waals surface area contributed by atoms with E-state index in [1.807, 2.05) is 0 Å². The van der Waals surface area contributed by atoms with E-state index in [1.54, 1.807) is 24.0 Å². The predicted molar refractivity (Wildman–Crippen MR) is 104 cm³/mol. The lowest BCUT2D eigenvalue weighted by atomic mass is 9.78. The van der Waals surface area contributed by atoms with Gasteiger partial charge in [0, 0.05) is 13.1 Å². The number of ether oxygens (including phenoxy) is 1. The number of amides is 1. The molecule has 1 aliphatic rings. The van der Waals surface area contributed by atoms with Gasteiger partial charge in [-0.25, -0.2) is 4.39 Å². The molecule has 160 valence electrons. The van der Waals surface area contributed by atoms with Crippen molar-refractivity contribution in [3.05, 3.63) is 63.7 Å². The summed E-state index contributed by atoms with van der Waals surface area (Å²) < 4.78 is 23.5. The predicted octanol–water partition coefficient (Wildman–Crippen LogP) is 3.92. The Morgan fingerprint density at radius 1 is 1.23 bits per heavy atom. The number of nitro groups is 1. The first kappa shape index (κ1) is 21.5. The molecule has 1 aromatic carbocycles. The molecular formula is C21H23FN2O6. The Morgan fingerprint density at radius 2 is 1.90 bits per heavy atom. The number of hydrogen-bond acceptors (Lipinski definition) is 6. The second kappa shape index (κ2) is 9.51. The van der Waals surface area contributed by atoms with Crippen molar-refractivity contribution >= 4 is 17.8 Å². The van der Waals surface area contributed by atoms with Crippen LogP contribution in [0.1, 0.15) is 48.2 Å². The van der Waals surface area contributed by atoms with Crippen LogP contribution < -0.4 is 0 Å². The van der Waals surface area contributed by atoms with Crippen LogP contribution in [-0.2, 0) is 9.53 Å². The van der Waals surface area contributed by atoms with Crippen LogP contribution in [0.4, 0.5) is 10.3 Å². The number of carbonyl (C=O) groups is 2. The molecule has 30 heavy (non-hydrogen) atoms. The normalized spacial score (nSPS) is 15.6. The zero-order chi connectivity index (χ0) is 21.7. The first-order chi connectivity index (χ1) is 14.4. The maximum Gasteiger partial charge on any atom is 0.433 e. The van der Waals surface area contributed by atoms with Crippen LogP contribution in [0, 0.1) is 21.8 Å². The molecule has 0 aliphatic carbocycles. The Labute approximate surface area is 172 Å². The van der Waals surface area contributed by atoms with Crippen LogP contribution in [0.2, 0.25) is 0 Å². The van der Waals surface area contributed by atoms with Crippen molar-refractivity contribution in [3.8, 4) is 0 Å². The summed E-state index contributed by atoms with van der Waals surface area (Å²) in [6, 6.07) is 8.56. The summed E-state index contributed by atoms with van der Waals surface area (Å²) in [6.07, 6.45) is 1.45. The van der Waals surface area contributed by atoms with Gasteiger partial charge in [0.25, 0.3) is 5.91 Å². The van der Waals surface area contributed by atoms with E-state index >= 15 is 0 Å². The molecule has 0 saturated carbocycles. The number of rotatable bonds is 7. The second-order valence-electron chi connectivity index (χ2n) is 7.19. The minimum absolute atomic E-state index is 0.0678. The minimum atomic E-state index is -0.689. The Balaban J connectivity index is 1.68. The monoisotopic (exact) mass is 418 g/mol. The highest BCUT2D eigenvalue weighted by atomic mass is 19.1. The standard InChI is InChI=1S/C21H23FN2O6/c1-2-29-20(25)13-17(14-3-5-16(22)6-4-14)15-9-11-23(12-10-15)21(26)18-7-8-19(30-18)24(27)28/h3-8,15,17H,2,9-13H2,1H3. The van der Waals surface area contributed by atoms with Crippen molar-refractivity contribution in [3.63, 3.8) is 0 Å². The number of benzene rings is 1. The van der Waals surface area contributed by atoms with Crippen LogP contribution in [0.15, 0.2) is 40.8 Å². The maximum atomic E-state index is 13.3. The van der Waals surface area contributed by atoms with E-state index in [-0.39, 0.29) is 42.4 Å². The number of furan rings is 1. The molecule has 1 saturated heterocycles. The molecule has 2 heterocycles. The average Bonchev–Trinajstić information content (AvgIpc) is 3.23. The molecule has 1 fully saturated rings. The van der Waals surface area contributed by atoms with Gasteiger partial charge in [-0.3, -0.25) is 19.7 Å². The van der Waals surface area contributed by atoms with Crippen LogP contribution in [0.3, 0.4) is 0 Å². The van der Waals surface area contributed by atoms with Gasteiger partial charge in [-0.2, -0.15) is 0 Å². The topological polar surface area (TPSA) is 103 Å². The highest BCUT2D eigenvalue weighted by Gasteiger charge is 2.32. The first-order valence-electron chi connectivity index (χ1n) is 9.83. The Kier molecular flexibility index (Phi) is 6.81. The molecule has 1 atom stereocenters. The molecule has 0 N–H and O–H groups in total. The number of likely N-dealkylation sites (tertiary alicyclic amines) is 1. The molecule has 8 nitrogen and oxygen atoms in total. The van der Waals surface area contributed by atoms with Crippen molar-refractivity contribution in [1.82, 2.24) is 4.90 Å². The van der Waals surface area contributed by atoms with Crippen LogP contribution >= 0.6 is 0 Å². The lowest BCUT2D eigenvalue weighted by molar-refractivity contribution is -0.402. The van der Waals surface area contributed by atoms with E-state index in [2.05, 4.69) is 0 Å². The van der Waals surface area contributed by atoms with Crippen molar-refractivity contribution in [1.29, 1.82) is 0 Å². The fraction of sp³-hybridized carbons (Fsp3) is 0.429. The third-order valence-corrected chi connectivity index (χ3v) is 5.37. The summed E-state index contributed by atoms with van der Waals surface area (Å²) in [4.78, 5) is 36.3. The molecule has 1 aromatic heterocycles. The molecule has 0 spiro atoms. The summed E-state index contributed by atoms with van der Waals surface area (Å²) in [5.74, 6) is -1.64. The SMILES string of the molecule is CCOC(=O)CC(c1ccc(F)cc1)C1CCN(C(=O)c2ccc([N+](=O)[O-])o2)CC1. The van der Waals surface area contributed by atoms with E-state index in [0.29, 0.717) is 25.9 Å². The van der Waals surface area contributed by atoms with E-state index in [0.717, 1.165) is 11.6 Å². The Hall–Kier alpha value is -3.23. The number of carbonyl (C=O) groups excluding carboxylic acids is 2. The third-order valence-electron chi connectivity index (χ3n) is 5.37. The largest absolute Gasteiger partial charge is 0.466 e. The van der Waals surface area contributed by atoms with Crippen molar-refractivity contribution in [2.24, 2.45) is 5.92 Å². The molecule has 2 aromatic rings. The number of piperidine rings is 1. The van der Waals surface area contributed by atoms with Crippen LogP contribution in [-0.4, -0.2) is 41.4 Å². The molecule has 1 aliphatic heterocycles. The van der Waals surface area contributed by atoms with Crippen molar-refractivity contribution < 1.29 is 28.1 Å². The summed E-state index contributed by atoms with van der Waals surface area (Å²) in [5, 5.41) is 10.7. The molecule has 9 heteroatoms. The highest BCUT2D eigenvalue weighted by Crippen LogP contribution is 2.36. The smallest absolute Gasteiger partial charge is 0.433 e. The first-order valence-corrected chi connectivity index (χ1v) is 9.83. The van der Waals surface area contributed by atoms with E-state index in [1.165, 1.54) is 18.2 Å². The lowest BCUT2D eigenvalue weighted by Gasteiger charge is -2.35. The number of esters is 1. The van der Waals surface area contributed by atoms with Gasteiger partial charge in [0.05, 0.1) is 19.1 Å². The van der Waals surface area contributed by atoms with Gasteiger partial charge in [-0.05, 0) is 55.4 Å². The summed E-state index contributed by atoms with van der Waals surface area (Å²) in [7, 11) is 0. The van der Waals surface area contributed by atoms with Crippen molar-refractivity contribution in [2.75, 3.05) is 19.7 Å². The molecule has 0 bridgehead atoms. The Bertz CT molecular complexity index is 902. The summed E-state index contributed by atoms with van der Waals surface area (Å²) in [6.45, 7) is 2.89. The van der Waals surface area contributed by atoms with Gasteiger partial charge >= 0.3 is 11.9 Å². The molecule has 0 radical (unpaired) electrons. The molecule has 3 rings (SSSR count). The van der Waals surface area contributed by atoms with Gasteiger partial charge in [0.2, 0.25) is 0 Å². The van der Waals surface area contributed by atoms with Gasteiger partial charge < -0.3 is 14.1 Å². The fourth-order valence-electron chi connectivity index (χ4n) is 3.87. The van der Waals surface area contributed by atoms with Gasteiger partial charge in [0.15, 0.2) is 5.76 Å². The maximum absolute atomic E-state index is 13.3. The van der Waals surface area contributed by atoms with Crippen molar-refractivity contribution in [2.45, 2.75) is 32.1 Å². The van der Waals surface area contributed by atoms with E-state index in [9.17, 15) is 24.1 Å². The van der Waals surface area contributed by atoms with E-state index in [4.69, 9.17) is 9.15 Å². The molecular weight excluding hydrogens is 395 g/mol. The number of nitrogens with zero attached hydrogens (tertiary/aromatic N) is 2. The Morgan fingerprint density at radius 3 is 2.47 bits per heavy atom. The zero-order valence-corrected chi connectivity index (χ0v) is 16.6. The second-order valence-corrected chi connectivity index (χ2v) is 7.19. The lowest BCUT2D eigenvalue weighted by Crippen LogP contribution is -2.40. The van der Waals surface area contributed by atoms with Gasteiger partial charge in [-0.15, -0.1) is 0 Å². The fourth-order valence-corrected chi connectivity index (χ4v) is 3.87. The van der Waals surface area contributed by atoms with Crippen LogP contribution in [0.5, 0.6) is 0 Å². The highest BCUT2D eigenvalue weighted by molar-refractivity contribution is 5.91. The van der Waals surface area contributed by atoms with Gasteiger partial charge in [0.1, 0.15) is 10.7 Å². The summed E-state index contributed by atoms with van der Waals surface area (Å²) >= 11 is 0. The third kappa shape index (κ3) is 5.03. The minimum Gasteiger partial charge on any atom is -0.466 e. The molecule has 1 amide bonds. The number of halogens is 1. The number of hydrogen-bond donors (Lipinski definition) is 0. The van der Waals surface area contributed by atoms with E-state index < -0.39 is 16.7 Å². The summed E-state index contributed by atoms with van der Waals surface area (Å²) in [5.41, 5.74) is 0.857. The van der Waals surface area contributed by atoms with Gasteiger partial charge in [-0.1, -0.05) is 12.1 Å².